The highest BCUT2D eigenvalue weighted by Crippen LogP contribution is 2.32. The van der Waals surface area contributed by atoms with E-state index >= 15 is 0 Å². The van der Waals surface area contributed by atoms with E-state index in [0.717, 1.165) is 35.6 Å². The number of amides is 2. The first-order valence-corrected chi connectivity index (χ1v) is 11.7. The molecular weight excluding hydrogens is 432 g/mol. The van der Waals surface area contributed by atoms with Gasteiger partial charge in [-0.15, -0.1) is 0 Å². The molecule has 0 aliphatic carbocycles. The summed E-state index contributed by atoms with van der Waals surface area (Å²) in [4.78, 5) is 17.4. The zero-order valence-electron chi connectivity index (χ0n) is 20.8. The maximum Gasteiger partial charge on any atom is 0.344 e. The lowest BCUT2D eigenvalue weighted by atomic mass is 10.0. The van der Waals surface area contributed by atoms with E-state index in [4.69, 9.17) is 14.2 Å². The van der Waals surface area contributed by atoms with E-state index in [2.05, 4.69) is 36.0 Å². The second kappa shape index (κ2) is 9.93. The van der Waals surface area contributed by atoms with Crippen molar-refractivity contribution >= 4 is 23.6 Å². The lowest BCUT2D eigenvalue weighted by molar-refractivity contribution is -0.00521. The molecule has 0 unspecified atom stereocenters. The number of benzene rings is 2. The van der Waals surface area contributed by atoms with Crippen LogP contribution in [0.5, 0.6) is 11.5 Å². The average Bonchev–Trinajstić information content (AvgIpc) is 2.99. The van der Waals surface area contributed by atoms with Crippen molar-refractivity contribution in [1.82, 2.24) is 5.01 Å². The van der Waals surface area contributed by atoms with Crippen molar-refractivity contribution < 1.29 is 19.0 Å². The monoisotopic (exact) mass is 466 g/mol. The van der Waals surface area contributed by atoms with Crippen LogP contribution in [0.25, 0.3) is 0 Å². The van der Waals surface area contributed by atoms with Gasteiger partial charge in [0, 0.05) is 37.1 Å². The van der Waals surface area contributed by atoms with Crippen LogP contribution in [0.2, 0.25) is 0 Å². The predicted octanol–water partition coefficient (Wildman–Crippen LogP) is 4.15. The Labute approximate surface area is 201 Å². The van der Waals surface area contributed by atoms with Gasteiger partial charge >= 0.3 is 6.03 Å². The summed E-state index contributed by atoms with van der Waals surface area (Å²) in [6.07, 6.45) is 2.76. The number of hydrazone groups is 1. The highest BCUT2D eigenvalue weighted by Gasteiger charge is 2.28. The van der Waals surface area contributed by atoms with Crippen LogP contribution in [0.3, 0.4) is 0 Å². The molecule has 1 fully saturated rings. The maximum atomic E-state index is 13.4. The summed E-state index contributed by atoms with van der Waals surface area (Å²) < 4.78 is 16.7. The molecule has 0 spiro atoms. The molecule has 2 aliphatic rings. The Kier molecular flexibility index (Phi) is 6.97. The summed E-state index contributed by atoms with van der Waals surface area (Å²) in [5.41, 5.74) is 3.92. The van der Waals surface area contributed by atoms with Crippen molar-refractivity contribution in [2.24, 2.45) is 5.10 Å². The number of morpholine rings is 1. The molecule has 3 atom stereocenters. The van der Waals surface area contributed by atoms with Gasteiger partial charge in [0.2, 0.25) is 0 Å². The third kappa shape index (κ3) is 4.82. The fraction of sp³-hybridized carbons (Fsp3) is 0.462. The van der Waals surface area contributed by atoms with Gasteiger partial charge < -0.3 is 19.1 Å². The fourth-order valence-corrected chi connectivity index (χ4v) is 4.65. The topological polar surface area (TPSA) is 66.8 Å². The molecule has 1 saturated heterocycles. The normalized spacial score (nSPS) is 22.1. The molecule has 2 aliphatic heterocycles. The summed E-state index contributed by atoms with van der Waals surface area (Å²) >= 11 is 0. The number of carbonyl (C=O) groups is 1. The van der Waals surface area contributed by atoms with E-state index < -0.39 is 0 Å². The van der Waals surface area contributed by atoms with Gasteiger partial charge in [-0.05, 0) is 69.2 Å². The van der Waals surface area contributed by atoms with E-state index in [0.29, 0.717) is 17.9 Å². The number of hydrogen-bond acceptors (Lipinski definition) is 6. The number of anilines is 2. The Morgan fingerprint density at radius 2 is 1.65 bits per heavy atom. The van der Waals surface area contributed by atoms with E-state index in [1.54, 1.807) is 32.4 Å². The molecule has 0 radical (unpaired) electrons. The lowest BCUT2D eigenvalue weighted by Gasteiger charge is -2.37. The van der Waals surface area contributed by atoms with Crippen molar-refractivity contribution in [3.8, 4) is 11.5 Å². The van der Waals surface area contributed by atoms with Gasteiger partial charge in [0.05, 0.1) is 38.7 Å². The van der Waals surface area contributed by atoms with Crippen molar-refractivity contribution in [1.29, 1.82) is 0 Å². The molecule has 0 saturated carbocycles. The zero-order chi connectivity index (χ0) is 24.4. The zero-order valence-corrected chi connectivity index (χ0v) is 20.8. The number of methoxy groups -OCH3 is 2. The third-order valence-electron chi connectivity index (χ3n) is 6.40. The highest BCUT2D eigenvalue weighted by molar-refractivity contribution is 5.93. The molecular formula is C26H34N4O4. The van der Waals surface area contributed by atoms with Gasteiger partial charge in [-0.3, -0.25) is 4.90 Å². The van der Waals surface area contributed by atoms with Crippen molar-refractivity contribution in [3.05, 3.63) is 47.5 Å². The Morgan fingerprint density at radius 1 is 1.03 bits per heavy atom. The van der Waals surface area contributed by atoms with Crippen molar-refractivity contribution in [3.63, 3.8) is 0 Å². The first-order chi connectivity index (χ1) is 16.3. The SMILES string of the molecule is COc1cc2c(cc1OC)C[C@H](C)N(C(=O)N(C)c1ccc(N3C[C@@H](C)O[C@@H](C)C3)cc1)N=C2. The Balaban J connectivity index is 1.50. The second-order valence-electron chi connectivity index (χ2n) is 9.07. The summed E-state index contributed by atoms with van der Waals surface area (Å²) in [5.74, 6) is 1.31. The van der Waals surface area contributed by atoms with Crippen LogP contribution in [-0.2, 0) is 11.2 Å². The van der Waals surface area contributed by atoms with Gasteiger partial charge in [0.25, 0.3) is 0 Å². The van der Waals surface area contributed by atoms with Crippen LogP contribution in [-0.4, -0.2) is 69.9 Å². The molecule has 8 heteroatoms. The molecule has 2 amide bonds. The largest absolute Gasteiger partial charge is 0.493 e. The van der Waals surface area contributed by atoms with Crippen molar-refractivity contribution in [2.75, 3.05) is 44.2 Å². The Bertz CT molecular complexity index is 1050. The minimum absolute atomic E-state index is 0.124. The summed E-state index contributed by atoms with van der Waals surface area (Å²) in [7, 11) is 5.01. The van der Waals surface area contributed by atoms with Crippen LogP contribution >= 0.6 is 0 Å². The number of rotatable bonds is 4. The van der Waals surface area contributed by atoms with Gasteiger partial charge in [-0.25, -0.2) is 9.80 Å². The standard InChI is InChI=1S/C26H34N4O4/c1-17-11-20-12-24(32-5)25(33-6)13-21(20)14-27-30(17)26(31)28(4)22-7-9-23(10-8-22)29-15-18(2)34-19(3)16-29/h7-10,12-14,17-19H,11,15-16H2,1-6H3/t17-,18-,19+/m0/s1. The first kappa shape index (κ1) is 23.9. The number of nitrogens with zero attached hydrogens (tertiary/aromatic N) is 4. The lowest BCUT2D eigenvalue weighted by Crippen LogP contribution is -2.45. The van der Waals surface area contributed by atoms with Crippen LogP contribution in [0.15, 0.2) is 41.5 Å². The smallest absolute Gasteiger partial charge is 0.344 e. The highest BCUT2D eigenvalue weighted by atomic mass is 16.5. The predicted molar refractivity (Wildman–Crippen MR) is 135 cm³/mol. The Hall–Kier alpha value is -3.26. The average molecular weight is 467 g/mol. The van der Waals surface area contributed by atoms with Crippen LogP contribution in [0.1, 0.15) is 31.9 Å². The molecule has 0 N–H and O–H groups in total. The first-order valence-electron chi connectivity index (χ1n) is 11.7. The minimum Gasteiger partial charge on any atom is -0.493 e. The third-order valence-corrected chi connectivity index (χ3v) is 6.40. The van der Waals surface area contributed by atoms with Gasteiger partial charge in [0.1, 0.15) is 0 Å². The number of hydrogen-bond donors (Lipinski definition) is 0. The maximum absolute atomic E-state index is 13.4. The number of carbonyl (C=O) groups excluding carboxylic acids is 1. The second-order valence-corrected chi connectivity index (χ2v) is 9.07. The molecule has 0 aromatic heterocycles. The molecule has 2 heterocycles. The molecule has 2 aromatic carbocycles. The number of fused-ring (bicyclic) bond motifs is 1. The van der Waals surface area contributed by atoms with Crippen molar-refractivity contribution in [2.45, 2.75) is 45.4 Å². The van der Waals surface area contributed by atoms with Gasteiger partial charge in [-0.1, -0.05) is 0 Å². The summed E-state index contributed by atoms with van der Waals surface area (Å²) in [6, 6.07) is 11.6. The quantitative estimate of drug-likeness (QED) is 0.677. The van der Waals surface area contributed by atoms with E-state index in [1.807, 2.05) is 31.2 Å². The Morgan fingerprint density at radius 3 is 2.26 bits per heavy atom. The fourth-order valence-electron chi connectivity index (χ4n) is 4.65. The van der Waals surface area contributed by atoms with Crippen LogP contribution in [0.4, 0.5) is 16.2 Å². The molecule has 182 valence electrons. The van der Waals surface area contributed by atoms with Gasteiger partial charge in [0.15, 0.2) is 11.5 Å². The van der Waals surface area contributed by atoms with E-state index in [9.17, 15) is 4.79 Å². The van der Waals surface area contributed by atoms with Crippen LogP contribution in [0, 0.1) is 0 Å². The minimum atomic E-state index is -0.183. The summed E-state index contributed by atoms with van der Waals surface area (Å²) in [6.45, 7) is 7.90. The molecule has 0 bridgehead atoms. The van der Waals surface area contributed by atoms with Gasteiger partial charge in [-0.2, -0.15) is 5.10 Å². The molecule has 4 rings (SSSR count). The number of ether oxygens (including phenoxy) is 3. The molecule has 34 heavy (non-hydrogen) atoms. The van der Waals surface area contributed by atoms with E-state index in [1.165, 1.54) is 5.01 Å². The van der Waals surface area contributed by atoms with E-state index in [-0.39, 0.29) is 24.3 Å². The summed E-state index contributed by atoms with van der Waals surface area (Å²) in [5, 5.41) is 6.07. The van der Waals surface area contributed by atoms with Crippen LogP contribution < -0.4 is 19.3 Å². The molecule has 8 nitrogen and oxygen atoms in total. The molecule has 2 aromatic rings. The number of urea groups is 1.